The summed E-state index contributed by atoms with van der Waals surface area (Å²) < 4.78 is 6.91. The van der Waals surface area contributed by atoms with Gasteiger partial charge >= 0.3 is 5.97 Å². The number of fused-ring (bicyclic) bond motifs is 1. The topological polar surface area (TPSA) is 64.4 Å². The first kappa shape index (κ1) is 17.2. The number of carbonyl (C=O) groups is 2. The first-order chi connectivity index (χ1) is 12.0. The summed E-state index contributed by atoms with van der Waals surface area (Å²) in [4.78, 5) is 30.9. The quantitative estimate of drug-likeness (QED) is 0.785. The van der Waals surface area contributed by atoms with Crippen molar-refractivity contribution in [2.24, 2.45) is 0 Å². The van der Waals surface area contributed by atoms with Crippen LogP contribution in [-0.2, 0) is 20.9 Å². The van der Waals surface area contributed by atoms with Gasteiger partial charge in [-0.1, -0.05) is 32.0 Å². The molecular weight excluding hydrogens is 318 g/mol. The van der Waals surface area contributed by atoms with Crippen LogP contribution in [0.15, 0.2) is 36.7 Å². The molecule has 0 radical (unpaired) electrons. The first-order valence-electron chi connectivity index (χ1n) is 8.51. The molecular formula is C19H23N3O3. The van der Waals surface area contributed by atoms with E-state index >= 15 is 0 Å². The van der Waals surface area contributed by atoms with Crippen LogP contribution in [0.2, 0.25) is 0 Å². The molecule has 0 unspecified atom stereocenters. The highest BCUT2D eigenvalue weighted by Crippen LogP contribution is 2.37. The summed E-state index contributed by atoms with van der Waals surface area (Å²) in [6.07, 6.45) is 4.02. The van der Waals surface area contributed by atoms with Crippen molar-refractivity contribution in [3.05, 3.63) is 48.0 Å². The Labute approximate surface area is 147 Å². The Morgan fingerprint density at radius 2 is 2.08 bits per heavy atom. The molecule has 1 aliphatic heterocycles. The minimum Gasteiger partial charge on any atom is -0.468 e. The van der Waals surface area contributed by atoms with Crippen molar-refractivity contribution in [1.82, 2.24) is 9.55 Å². The fourth-order valence-electron chi connectivity index (χ4n) is 3.35. The molecule has 2 heterocycles. The maximum Gasteiger partial charge on any atom is 0.315 e. The van der Waals surface area contributed by atoms with Crippen molar-refractivity contribution in [2.75, 3.05) is 18.6 Å². The van der Waals surface area contributed by atoms with Gasteiger partial charge in [-0.3, -0.25) is 9.59 Å². The minimum atomic E-state index is -0.412. The predicted octanol–water partition coefficient (Wildman–Crippen LogP) is 2.70. The molecule has 3 rings (SSSR count). The summed E-state index contributed by atoms with van der Waals surface area (Å²) in [6.45, 7) is 5.08. The Bertz CT molecular complexity index is 782. The van der Waals surface area contributed by atoms with Gasteiger partial charge in [-0.15, -0.1) is 0 Å². The van der Waals surface area contributed by atoms with E-state index in [1.807, 2.05) is 35.0 Å². The zero-order valence-electron chi connectivity index (χ0n) is 14.8. The van der Waals surface area contributed by atoms with E-state index in [-0.39, 0.29) is 11.9 Å². The lowest BCUT2D eigenvalue weighted by atomic mass is 10.0. The van der Waals surface area contributed by atoms with Crippen LogP contribution < -0.4 is 4.90 Å². The number of imidazole rings is 1. The lowest BCUT2D eigenvalue weighted by Gasteiger charge is -2.18. The number of nitrogens with zero attached hydrogens (tertiary/aromatic N) is 3. The van der Waals surface area contributed by atoms with Crippen LogP contribution >= 0.6 is 0 Å². The summed E-state index contributed by atoms with van der Waals surface area (Å²) in [5, 5.41) is 0. The van der Waals surface area contributed by atoms with E-state index in [1.54, 1.807) is 11.1 Å². The maximum atomic E-state index is 12.8. The molecule has 1 aromatic heterocycles. The largest absolute Gasteiger partial charge is 0.468 e. The second-order valence-electron chi connectivity index (χ2n) is 6.52. The fourth-order valence-corrected chi connectivity index (χ4v) is 3.35. The number of aromatic nitrogens is 2. The Balaban J connectivity index is 1.74. The van der Waals surface area contributed by atoms with Crippen LogP contribution in [0.3, 0.4) is 0 Å². The van der Waals surface area contributed by atoms with Crippen molar-refractivity contribution in [1.29, 1.82) is 0 Å². The first-order valence-corrected chi connectivity index (χ1v) is 8.51. The number of hydrogen-bond donors (Lipinski definition) is 0. The fraction of sp³-hybridized carbons (Fsp3) is 0.421. The predicted molar refractivity (Wildman–Crippen MR) is 94.5 cm³/mol. The number of anilines is 1. The van der Waals surface area contributed by atoms with E-state index in [0.717, 1.165) is 17.1 Å². The van der Waals surface area contributed by atoms with Gasteiger partial charge in [-0.2, -0.15) is 0 Å². The van der Waals surface area contributed by atoms with Gasteiger partial charge in [0.2, 0.25) is 5.91 Å². The van der Waals surface area contributed by atoms with E-state index < -0.39 is 5.92 Å². The number of aryl methyl sites for hydroxylation is 1. The number of hydrogen-bond acceptors (Lipinski definition) is 4. The zero-order valence-corrected chi connectivity index (χ0v) is 14.8. The van der Waals surface area contributed by atoms with E-state index in [9.17, 15) is 9.59 Å². The Morgan fingerprint density at radius 3 is 2.80 bits per heavy atom. The lowest BCUT2D eigenvalue weighted by Crippen LogP contribution is -2.32. The van der Waals surface area contributed by atoms with E-state index in [4.69, 9.17) is 4.74 Å². The van der Waals surface area contributed by atoms with Gasteiger partial charge in [0.25, 0.3) is 0 Å². The van der Waals surface area contributed by atoms with Gasteiger partial charge in [0.15, 0.2) is 0 Å². The number of esters is 1. The standard InChI is InChI=1S/C19H23N3O3/c1-13(2)18-20-9-11-21(18)10-8-17(23)22-12-15(19(24)25-3)14-6-4-5-7-16(14)22/h4-7,9,11,13,15H,8,10,12H2,1-3H3/t15-/m0/s1. The Kier molecular flexibility index (Phi) is 4.88. The molecule has 6 nitrogen and oxygen atoms in total. The number of methoxy groups -OCH3 is 1. The molecule has 0 spiro atoms. The number of carbonyl (C=O) groups excluding carboxylic acids is 2. The van der Waals surface area contributed by atoms with Crippen LogP contribution in [0.25, 0.3) is 0 Å². The van der Waals surface area contributed by atoms with Crippen LogP contribution in [0, 0.1) is 0 Å². The molecule has 0 aliphatic carbocycles. The average molecular weight is 341 g/mol. The number of para-hydroxylation sites is 1. The molecule has 6 heteroatoms. The summed E-state index contributed by atoms with van der Waals surface area (Å²) in [7, 11) is 1.38. The smallest absolute Gasteiger partial charge is 0.315 e. The normalized spacial score (nSPS) is 16.2. The number of benzene rings is 1. The van der Waals surface area contributed by atoms with Gasteiger partial charge in [-0.05, 0) is 11.6 Å². The summed E-state index contributed by atoms with van der Waals surface area (Å²) in [5.41, 5.74) is 1.66. The minimum absolute atomic E-state index is 0.00209. The zero-order chi connectivity index (χ0) is 18.0. The molecule has 25 heavy (non-hydrogen) atoms. The number of rotatable bonds is 5. The van der Waals surface area contributed by atoms with Crippen molar-refractivity contribution < 1.29 is 14.3 Å². The number of amides is 1. The lowest BCUT2D eigenvalue weighted by molar-refractivity contribution is -0.142. The summed E-state index contributed by atoms with van der Waals surface area (Å²) in [6, 6.07) is 7.53. The number of ether oxygens (including phenoxy) is 1. The van der Waals surface area contributed by atoms with Crippen LogP contribution in [0.1, 0.15) is 43.5 Å². The molecule has 1 atom stereocenters. The third-order valence-electron chi connectivity index (χ3n) is 4.59. The average Bonchev–Trinajstić information content (AvgIpc) is 3.23. The van der Waals surface area contributed by atoms with Crippen LogP contribution in [-0.4, -0.2) is 35.1 Å². The van der Waals surface area contributed by atoms with E-state index in [2.05, 4.69) is 18.8 Å². The summed E-state index contributed by atoms with van der Waals surface area (Å²) in [5.74, 6) is 0.565. The molecule has 0 fully saturated rings. The summed E-state index contributed by atoms with van der Waals surface area (Å²) >= 11 is 0. The van der Waals surface area contributed by atoms with Crippen molar-refractivity contribution >= 4 is 17.6 Å². The molecule has 132 valence electrons. The molecule has 1 aromatic carbocycles. The molecule has 0 bridgehead atoms. The molecule has 1 amide bonds. The molecule has 0 saturated carbocycles. The van der Waals surface area contributed by atoms with Gasteiger partial charge in [0, 0.05) is 43.5 Å². The van der Waals surface area contributed by atoms with Crippen LogP contribution in [0.5, 0.6) is 0 Å². The van der Waals surface area contributed by atoms with Crippen molar-refractivity contribution in [3.63, 3.8) is 0 Å². The molecule has 2 aromatic rings. The highest BCUT2D eigenvalue weighted by Gasteiger charge is 2.36. The molecule has 1 aliphatic rings. The third-order valence-corrected chi connectivity index (χ3v) is 4.59. The van der Waals surface area contributed by atoms with Crippen LogP contribution in [0.4, 0.5) is 5.69 Å². The third kappa shape index (κ3) is 3.29. The van der Waals surface area contributed by atoms with E-state index in [1.165, 1.54) is 7.11 Å². The van der Waals surface area contributed by atoms with Gasteiger partial charge < -0.3 is 14.2 Å². The molecule has 0 N–H and O–H groups in total. The van der Waals surface area contributed by atoms with E-state index in [0.29, 0.717) is 25.4 Å². The van der Waals surface area contributed by atoms with Crippen molar-refractivity contribution in [3.8, 4) is 0 Å². The Morgan fingerprint density at radius 1 is 1.32 bits per heavy atom. The second-order valence-corrected chi connectivity index (χ2v) is 6.52. The second kappa shape index (κ2) is 7.09. The Hall–Kier alpha value is -2.63. The SMILES string of the molecule is COC(=O)[C@H]1CN(C(=O)CCn2ccnc2C(C)C)c2ccccc21. The van der Waals surface area contributed by atoms with Gasteiger partial charge in [-0.25, -0.2) is 4.98 Å². The van der Waals surface area contributed by atoms with Gasteiger partial charge in [0.1, 0.15) is 11.7 Å². The highest BCUT2D eigenvalue weighted by atomic mass is 16.5. The maximum absolute atomic E-state index is 12.8. The highest BCUT2D eigenvalue weighted by molar-refractivity contribution is 5.99. The van der Waals surface area contributed by atoms with Gasteiger partial charge in [0.05, 0.1) is 7.11 Å². The monoisotopic (exact) mass is 341 g/mol. The molecule has 0 saturated heterocycles. The van der Waals surface area contributed by atoms with Crippen molar-refractivity contribution in [2.45, 2.75) is 38.6 Å².